The Labute approximate surface area is 103 Å². The molecule has 17 heavy (non-hydrogen) atoms. The molecule has 0 aromatic carbocycles. The largest absolute Gasteiger partial charge is 0.476 e. The summed E-state index contributed by atoms with van der Waals surface area (Å²) in [5.74, 6) is -0.731. The number of rotatable bonds is 4. The van der Waals surface area contributed by atoms with Crippen LogP contribution in [0.1, 0.15) is 46.4 Å². The summed E-state index contributed by atoms with van der Waals surface area (Å²) in [6.45, 7) is 4.05. The normalized spacial score (nSPS) is 11.0. The minimum Gasteiger partial charge on any atom is -0.476 e. The number of aromatic carboxylic acids is 1. The van der Waals surface area contributed by atoms with E-state index in [1.807, 2.05) is 31.4 Å². The van der Waals surface area contributed by atoms with Gasteiger partial charge in [-0.2, -0.15) is 5.10 Å². The van der Waals surface area contributed by atoms with Crippen LogP contribution in [0, 0.1) is 0 Å². The van der Waals surface area contributed by atoms with Crippen LogP contribution >= 0.6 is 11.3 Å². The second-order valence-electron chi connectivity index (χ2n) is 4.18. The van der Waals surface area contributed by atoms with Gasteiger partial charge in [-0.15, -0.1) is 11.3 Å². The van der Waals surface area contributed by atoms with E-state index in [-0.39, 0.29) is 11.6 Å². The van der Waals surface area contributed by atoms with E-state index in [1.54, 1.807) is 11.3 Å². The molecule has 2 rings (SSSR count). The van der Waals surface area contributed by atoms with Gasteiger partial charge in [0.25, 0.3) is 0 Å². The van der Waals surface area contributed by atoms with E-state index in [4.69, 9.17) is 5.11 Å². The molecule has 2 aromatic rings. The van der Waals surface area contributed by atoms with Crippen molar-refractivity contribution >= 4 is 17.3 Å². The lowest BCUT2D eigenvalue weighted by Crippen LogP contribution is -2.03. The summed E-state index contributed by atoms with van der Waals surface area (Å²) in [7, 11) is 0. The highest BCUT2D eigenvalue weighted by Gasteiger charge is 2.20. The van der Waals surface area contributed by atoms with Gasteiger partial charge < -0.3 is 5.11 Å². The number of H-pyrrole nitrogens is 1. The zero-order valence-corrected chi connectivity index (χ0v) is 10.5. The molecule has 0 aliphatic carbocycles. The molecular weight excluding hydrogens is 236 g/mol. The van der Waals surface area contributed by atoms with Crippen LogP contribution in [0.4, 0.5) is 0 Å². The van der Waals surface area contributed by atoms with Gasteiger partial charge in [0, 0.05) is 22.6 Å². The number of nitrogens with zero attached hydrogens (tertiary/aromatic N) is 1. The average Bonchev–Trinajstić information content (AvgIpc) is 2.86. The fraction of sp³-hybridized carbons (Fsp3) is 0.333. The summed E-state index contributed by atoms with van der Waals surface area (Å²) in [5, 5.41) is 17.8. The minimum absolute atomic E-state index is 0.141. The lowest BCUT2D eigenvalue weighted by Gasteiger charge is -2.05. The van der Waals surface area contributed by atoms with E-state index in [0.717, 1.165) is 16.1 Å². The van der Waals surface area contributed by atoms with Crippen molar-refractivity contribution in [1.82, 2.24) is 10.2 Å². The third-order valence-electron chi connectivity index (χ3n) is 2.61. The fourth-order valence-electron chi connectivity index (χ4n) is 1.80. The Hall–Kier alpha value is -1.62. The van der Waals surface area contributed by atoms with Crippen LogP contribution in [-0.4, -0.2) is 21.3 Å². The van der Waals surface area contributed by atoms with Gasteiger partial charge in [-0.05, 0) is 17.4 Å². The zero-order valence-electron chi connectivity index (χ0n) is 9.73. The molecule has 0 unspecified atom stereocenters. The summed E-state index contributed by atoms with van der Waals surface area (Å²) in [4.78, 5) is 12.3. The first-order valence-electron chi connectivity index (χ1n) is 5.42. The summed E-state index contributed by atoms with van der Waals surface area (Å²) in [6, 6.07) is 3.98. The number of hydrogen-bond donors (Lipinski definition) is 2. The van der Waals surface area contributed by atoms with Gasteiger partial charge in [-0.1, -0.05) is 19.9 Å². The number of carboxylic acids is 1. The van der Waals surface area contributed by atoms with Crippen LogP contribution in [0.3, 0.4) is 0 Å². The van der Waals surface area contributed by atoms with E-state index in [0.29, 0.717) is 6.42 Å². The van der Waals surface area contributed by atoms with Crippen LogP contribution in [0.5, 0.6) is 0 Å². The lowest BCUT2D eigenvalue weighted by atomic mass is 10.0. The summed E-state index contributed by atoms with van der Waals surface area (Å²) >= 11 is 1.63. The van der Waals surface area contributed by atoms with Crippen molar-refractivity contribution in [2.45, 2.75) is 26.2 Å². The predicted molar refractivity (Wildman–Crippen MR) is 66.8 cm³/mol. The molecule has 0 spiro atoms. The highest BCUT2D eigenvalue weighted by molar-refractivity contribution is 7.09. The number of aromatic nitrogens is 2. The van der Waals surface area contributed by atoms with E-state index in [9.17, 15) is 4.79 Å². The highest BCUT2D eigenvalue weighted by Crippen LogP contribution is 2.24. The van der Waals surface area contributed by atoms with Crippen LogP contribution in [0.25, 0.3) is 0 Å². The number of nitrogens with one attached hydrogen (secondary N) is 1. The lowest BCUT2D eigenvalue weighted by molar-refractivity contribution is 0.0689. The van der Waals surface area contributed by atoms with Crippen molar-refractivity contribution in [2.24, 2.45) is 0 Å². The Morgan fingerprint density at radius 1 is 1.59 bits per heavy atom. The number of hydrogen-bond acceptors (Lipinski definition) is 3. The minimum atomic E-state index is -0.972. The topological polar surface area (TPSA) is 66.0 Å². The molecule has 0 saturated heterocycles. The molecule has 5 heteroatoms. The van der Waals surface area contributed by atoms with Crippen molar-refractivity contribution in [1.29, 1.82) is 0 Å². The molecule has 0 atom stereocenters. The molecule has 4 nitrogen and oxygen atoms in total. The fourth-order valence-corrected chi connectivity index (χ4v) is 2.52. The maximum Gasteiger partial charge on any atom is 0.356 e. The highest BCUT2D eigenvalue weighted by atomic mass is 32.1. The van der Waals surface area contributed by atoms with E-state index in [2.05, 4.69) is 10.2 Å². The number of carbonyl (C=O) groups is 1. The Bertz CT molecular complexity index is 515. The van der Waals surface area contributed by atoms with Gasteiger partial charge in [0.05, 0.1) is 0 Å². The molecule has 2 aromatic heterocycles. The van der Waals surface area contributed by atoms with Crippen LogP contribution in [-0.2, 0) is 6.42 Å². The van der Waals surface area contributed by atoms with Crippen molar-refractivity contribution in [3.8, 4) is 0 Å². The van der Waals surface area contributed by atoms with Crippen molar-refractivity contribution in [3.05, 3.63) is 39.3 Å². The first-order valence-corrected chi connectivity index (χ1v) is 6.30. The Morgan fingerprint density at radius 3 is 2.88 bits per heavy atom. The number of thiophene rings is 1. The molecule has 0 aliphatic rings. The summed E-state index contributed by atoms with van der Waals surface area (Å²) < 4.78 is 0. The molecule has 0 amide bonds. The summed E-state index contributed by atoms with van der Waals surface area (Å²) in [6.07, 6.45) is 0.628. The quantitative estimate of drug-likeness (QED) is 0.876. The first-order chi connectivity index (χ1) is 8.09. The van der Waals surface area contributed by atoms with Crippen molar-refractivity contribution in [3.63, 3.8) is 0 Å². The van der Waals surface area contributed by atoms with Gasteiger partial charge >= 0.3 is 5.97 Å². The smallest absolute Gasteiger partial charge is 0.356 e. The molecule has 0 saturated carbocycles. The Morgan fingerprint density at radius 2 is 2.35 bits per heavy atom. The van der Waals surface area contributed by atoms with E-state index < -0.39 is 5.97 Å². The second-order valence-corrected chi connectivity index (χ2v) is 5.21. The standard InChI is InChI=1S/C12H14N2O2S/c1-7(2)10-9(6-8-4-3-5-17-8)11(12(15)16)14-13-10/h3-5,7H,6H2,1-2H3,(H,13,14)(H,15,16). The molecular formula is C12H14N2O2S. The van der Waals surface area contributed by atoms with Crippen molar-refractivity contribution in [2.75, 3.05) is 0 Å². The SMILES string of the molecule is CC(C)c1[nH]nc(C(=O)O)c1Cc1cccs1. The molecule has 2 heterocycles. The molecule has 0 radical (unpaired) electrons. The molecule has 0 aliphatic heterocycles. The van der Waals surface area contributed by atoms with Gasteiger partial charge in [0.2, 0.25) is 0 Å². The van der Waals surface area contributed by atoms with Gasteiger partial charge in [0.15, 0.2) is 5.69 Å². The molecule has 90 valence electrons. The second kappa shape index (κ2) is 4.71. The Kier molecular flexibility index (Phi) is 3.28. The van der Waals surface area contributed by atoms with Crippen molar-refractivity contribution < 1.29 is 9.90 Å². The number of carboxylic acid groups (broad SMARTS) is 1. The molecule has 0 fully saturated rings. The third kappa shape index (κ3) is 2.39. The maximum atomic E-state index is 11.1. The van der Waals surface area contributed by atoms with E-state index in [1.165, 1.54) is 0 Å². The monoisotopic (exact) mass is 250 g/mol. The van der Waals surface area contributed by atoms with Crippen LogP contribution < -0.4 is 0 Å². The predicted octanol–water partition coefficient (Wildman–Crippen LogP) is 2.88. The zero-order chi connectivity index (χ0) is 12.4. The van der Waals surface area contributed by atoms with Crippen LogP contribution in [0.15, 0.2) is 17.5 Å². The van der Waals surface area contributed by atoms with Crippen LogP contribution in [0.2, 0.25) is 0 Å². The summed E-state index contributed by atoms with van der Waals surface area (Å²) in [5.41, 5.74) is 1.85. The maximum absolute atomic E-state index is 11.1. The molecule has 2 N–H and O–H groups in total. The van der Waals surface area contributed by atoms with Gasteiger partial charge in [-0.3, -0.25) is 5.10 Å². The Balaban J connectivity index is 2.41. The first kappa shape index (κ1) is 11.9. The molecule has 0 bridgehead atoms. The number of aromatic amines is 1. The van der Waals surface area contributed by atoms with E-state index >= 15 is 0 Å². The van der Waals surface area contributed by atoms with Gasteiger partial charge in [0.1, 0.15) is 0 Å². The average molecular weight is 250 g/mol. The van der Waals surface area contributed by atoms with Gasteiger partial charge in [-0.25, -0.2) is 4.79 Å². The third-order valence-corrected chi connectivity index (χ3v) is 3.49.